The van der Waals surface area contributed by atoms with E-state index in [1.807, 2.05) is 19.1 Å². The molecule has 20 heavy (non-hydrogen) atoms. The molecule has 2 aromatic carbocycles. The van der Waals surface area contributed by atoms with Crippen molar-refractivity contribution in [1.82, 2.24) is 0 Å². The van der Waals surface area contributed by atoms with E-state index in [4.69, 9.17) is 4.74 Å². The second-order valence-corrected chi connectivity index (χ2v) is 4.31. The van der Waals surface area contributed by atoms with E-state index in [9.17, 15) is 13.6 Å². The van der Waals surface area contributed by atoms with E-state index in [0.717, 1.165) is 24.1 Å². The summed E-state index contributed by atoms with van der Waals surface area (Å²) >= 11 is 0. The third-order valence-corrected chi connectivity index (χ3v) is 2.94. The average molecular weight is 276 g/mol. The lowest BCUT2D eigenvalue weighted by atomic mass is 10.1. The molecule has 0 saturated heterocycles. The Morgan fingerprint density at radius 2 is 1.65 bits per heavy atom. The van der Waals surface area contributed by atoms with Crippen LogP contribution in [0.5, 0.6) is 5.75 Å². The Hall–Kier alpha value is -2.23. The summed E-state index contributed by atoms with van der Waals surface area (Å²) in [7, 11) is 0. The minimum absolute atomic E-state index is 0.399. The number of ketones is 1. The van der Waals surface area contributed by atoms with Crippen LogP contribution in [0.1, 0.15) is 22.8 Å². The molecule has 0 saturated carbocycles. The van der Waals surface area contributed by atoms with E-state index in [2.05, 4.69) is 0 Å². The molecule has 2 aromatic rings. The van der Waals surface area contributed by atoms with Crippen LogP contribution in [0.4, 0.5) is 8.78 Å². The molecule has 0 spiro atoms. The summed E-state index contributed by atoms with van der Waals surface area (Å²) in [6.45, 7) is 1.63. The summed E-state index contributed by atoms with van der Waals surface area (Å²) in [5.41, 5.74) is 0.585. The summed E-state index contributed by atoms with van der Waals surface area (Å²) in [6, 6.07) is 10.5. The van der Waals surface area contributed by atoms with Crippen molar-refractivity contribution in [1.29, 1.82) is 0 Å². The van der Waals surface area contributed by atoms with Crippen LogP contribution in [0, 0.1) is 11.6 Å². The third kappa shape index (κ3) is 3.20. The molecule has 0 fully saturated rings. The number of aryl methyl sites for hydroxylation is 1. The van der Waals surface area contributed by atoms with Gasteiger partial charge < -0.3 is 4.74 Å². The first-order valence-electron chi connectivity index (χ1n) is 6.30. The topological polar surface area (TPSA) is 26.3 Å². The summed E-state index contributed by atoms with van der Waals surface area (Å²) in [4.78, 5) is 11.8. The second-order valence-electron chi connectivity index (χ2n) is 4.31. The summed E-state index contributed by atoms with van der Waals surface area (Å²) in [6.07, 6.45) is 0.902. The van der Waals surface area contributed by atoms with E-state index in [0.29, 0.717) is 5.75 Å². The number of hydrogen-bond acceptors (Lipinski definition) is 2. The number of ether oxygens (including phenoxy) is 1. The molecule has 0 aliphatic carbocycles. The van der Waals surface area contributed by atoms with Crippen LogP contribution in [-0.2, 0) is 6.42 Å². The molecule has 0 heterocycles. The first-order chi connectivity index (χ1) is 9.61. The number of benzene rings is 2. The second kappa shape index (κ2) is 6.28. The number of rotatable bonds is 5. The third-order valence-electron chi connectivity index (χ3n) is 2.94. The Morgan fingerprint density at radius 1 is 1.05 bits per heavy atom. The van der Waals surface area contributed by atoms with Gasteiger partial charge in [0.15, 0.2) is 6.61 Å². The highest BCUT2D eigenvalue weighted by atomic mass is 19.1. The van der Waals surface area contributed by atoms with Gasteiger partial charge in [-0.2, -0.15) is 0 Å². The Kier molecular flexibility index (Phi) is 4.45. The van der Waals surface area contributed by atoms with Crippen molar-refractivity contribution in [3.05, 3.63) is 65.2 Å². The highest BCUT2D eigenvalue weighted by Crippen LogP contribution is 2.15. The maximum absolute atomic E-state index is 13.4. The van der Waals surface area contributed by atoms with Gasteiger partial charge in [-0.1, -0.05) is 25.1 Å². The normalized spacial score (nSPS) is 10.3. The van der Waals surface area contributed by atoms with Crippen LogP contribution in [0.2, 0.25) is 0 Å². The van der Waals surface area contributed by atoms with E-state index < -0.39 is 29.6 Å². The lowest BCUT2D eigenvalue weighted by molar-refractivity contribution is 0.0913. The monoisotopic (exact) mass is 276 g/mol. The predicted molar refractivity (Wildman–Crippen MR) is 72.0 cm³/mol. The van der Waals surface area contributed by atoms with Crippen LogP contribution in [0.25, 0.3) is 0 Å². The highest BCUT2D eigenvalue weighted by molar-refractivity contribution is 5.97. The number of halogens is 2. The van der Waals surface area contributed by atoms with Crippen LogP contribution in [-0.4, -0.2) is 12.4 Å². The quantitative estimate of drug-likeness (QED) is 0.777. The van der Waals surface area contributed by atoms with E-state index >= 15 is 0 Å². The highest BCUT2D eigenvalue weighted by Gasteiger charge is 2.17. The zero-order valence-electron chi connectivity index (χ0n) is 11.0. The van der Waals surface area contributed by atoms with Gasteiger partial charge in [0.05, 0.1) is 5.56 Å². The molecule has 0 radical (unpaired) electrons. The minimum atomic E-state index is -0.875. The molecule has 104 valence electrons. The molecule has 0 aliphatic heterocycles. The standard InChI is InChI=1S/C16H14F2O2/c1-2-11-6-8-12(9-7-11)20-10-15(19)16-13(17)4-3-5-14(16)18/h3-9H,2,10H2,1H3. The Labute approximate surface area is 116 Å². The van der Waals surface area contributed by atoms with Crippen LogP contribution < -0.4 is 4.74 Å². The van der Waals surface area contributed by atoms with Gasteiger partial charge in [-0.05, 0) is 36.2 Å². The summed E-state index contributed by atoms with van der Waals surface area (Å²) in [5.74, 6) is -1.98. The van der Waals surface area contributed by atoms with Gasteiger partial charge in [-0.25, -0.2) is 8.78 Å². The number of carbonyl (C=O) groups excluding carboxylic acids is 1. The van der Waals surface area contributed by atoms with Crippen molar-refractivity contribution in [2.45, 2.75) is 13.3 Å². The Morgan fingerprint density at radius 3 is 2.20 bits per heavy atom. The maximum Gasteiger partial charge on any atom is 0.206 e. The van der Waals surface area contributed by atoms with E-state index in [1.165, 1.54) is 6.07 Å². The maximum atomic E-state index is 13.4. The first-order valence-corrected chi connectivity index (χ1v) is 6.30. The predicted octanol–water partition coefficient (Wildman–Crippen LogP) is 3.79. The van der Waals surface area contributed by atoms with Gasteiger partial charge in [0.1, 0.15) is 17.4 Å². The fraction of sp³-hybridized carbons (Fsp3) is 0.188. The van der Waals surface area contributed by atoms with Gasteiger partial charge >= 0.3 is 0 Å². The fourth-order valence-electron chi connectivity index (χ4n) is 1.81. The smallest absolute Gasteiger partial charge is 0.206 e. The zero-order valence-corrected chi connectivity index (χ0v) is 11.0. The van der Waals surface area contributed by atoms with Crippen LogP contribution >= 0.6 is 0 Å². The molecule has 2 nitrogen and oxygen atoms in total. The molecule has 0 bridgehead atoms. The molecule has 4 heteroatoms. The lowest BCUT2D eigenvalue weighted by Crippen LogP contribution is -2.15. The first kappa shape index (κ1) is 14.2. The minimum Gasteiger partial charge on any atom is -0.485 e. The van der Waals surface area contributed by atoms with Gasteiger partial charge in [-0.15, -0.1) is 0 Å². The molecule has 0 aromatic heterocycles. The van der Waals surface area contributed by atoms with Crippen LogP contribution in [0.15, 0.2) is 42.5 Å². The molecule has 0 atom stereocenters. The number of hydrogen-bond donors (Lipinski definition) is 0. The van der Waals surface area contributed by atoms with E-state index in [-0.39, 0.29) is 0 Å². The molecular weight excluding hydrogens is 262 g/mol. The van der Waals surface area contributed by atoms with Crippen molar-refractivity contribution in [3.63, 3.8) is 0 Å². The van der Waals surface area contributed by atoms with Crippen molar-refractivity contribution < 1.29 is 18.3 Å². The van der Waals surface area contributed by atoms with E-state index in [1.54, 1.807) is 12.1 Å². The Balaban J connectivity index is 2.05. The Bertz CT molecular complexity index is 586. The van der Waals surface area contributed by atoms with Crippen LogP contribution in [0.3, 0.4) is 0 Å². The molecule has 2 rings (SSSR count). The van der Waals surface area contributed by atoms with Crippen molar-refractivity contribution in [3.8, 4) is 5.75 Å². The largest absolute Gasteiger partial charge is 0.485 e. The number of Topliss-reactive ketones (excluding diaryl/α,β-unsaturated/α-hetero) is 1. The number of carbonyl (C=O) groups is 1. The molecule has 0 amide bonds. The lowest BCUT2D eigenvalue weighted by Gasteiger charge is -2.07. The van der Waals surface area contributed by atoms with Gasteiger partial charge in [-0.3, -0.25) is 4.79 Å². The molecule has 0 N–H and O–H groups in total. The van der Waals surface area contributed by atoms with Gasteiger partial charge in [0, 0.05) is 0 Å². The average Bonchev–Trinajstić information content (AvgIpc) is 2.45. The molecule has 0 aliphatic rings. The zero-order chi connectivity index (χ0) is 14.5. The van der Waals surface area contributed by atoms with Gasteiger partial charge in [0.2, 0.25) is 5.78 Å². The summed E-state index contributed by atoms with van der Waals surface area (Å²) < 4.78 is 32.1. The summed E-state index contributed by atoms with van der Waals surface area (Å²) in [5, 5.41) is 0. The van der Waals surface area contributed by atoms with Crippen molar-refractivity contribution in [2.75, 3.05) is 6.61 Å². The van der Waals surface area contributed by atoms with Crippen molar-refractivity contribution >= 4 is 5.78 Å². The molecular formula is C16H14F2O2. The fourth-order valence-corrected chi connectivity index (χ4v) is 1.81. The van der Waals surface area contributed by atoms with Crippen molar-refractivity contribution in [2.24, 2.45) is 0 Å². The SMILES string of the molecule is CCc1ccc(OCC(=O)c2c(F)cccc2F)cc1. The van der Waals surface area contributed by atoms with Gasteiger partial charge in [0.25, 0.3) is 0 Å². The molecule has 0 unspecified atom stereocenters.